The summed E-state index contributed by atoms with van der Waals surface area (Å²) in [5, 5.41) is 14.0. The average Bonchev–Trinajstić information content (AvgIpc) is 2.55. The highest BCUT2D eigenvalue weighted by Gasteiger charge is 2.39. The summed E-state index contributed by atoms with van der Waals surface area (Å²) < 4.78 is 23.5. The third-order valence-electron chi connectivity index (χ3n) is 2.48. The molecule has 1 aliphatic rings. The summed E-state index contributed by atoms with van der Waals surface area (Å²) in [4.78, 5) is 11.0. The zero-order valence-corrected chi connectivity index (χ0v) is 9.02. The van der Waals surface area contributed by atoms with Gasteiger partial charge in [0.25, 0.3) is 10.2 Å². The number of carboxylic acid groups (broad SMARTS) is 1. The standard InChI is InChI=1S/C9H10N2O4S/c10-16(14,15)11-7-4-2-1-3-6(7)5-8(11)9(12)13/h1-4,8H,5H2,(H,12,13)(H2,10,14,15)/t8-/m0/s1. The Hall–Kier alpha value is -1.60. The lowest BCUT2D eigenvalue weighted by Crippen LogP contribution is -2.46. The van der Waals surface area contributed by atoms with Gasteiger partial charge in [0.05, 0.1) is 5.69 Å². The zero-order valence-electron chi connectivity index (χ0n) is 8.20. The zero-order chi connectivity index (χ0) is 11.9. The van der Waals surface area contributed by atoms with Crippen molar-refractivity contribution in [1.29, 1.82) is 0 Å². The lowest BCUT2D eigenvalue weighted by molar-refractivity contribution is -0.138. The molecule has 1 aliphatic heterocycles. The van der Waals surface area contributed by atoms with Crippen LogP contribution in [0.25, 0.3) is 0 Å². The van der Waals surface area contributed by atoms with Crippen molar-refractivity contribution in [3.05, 3.63) is 29.8 Å². The number of nitrogens with zero attached hydrogens (tertiary/aromatic N) is 1. The Morgan fingerprint density at radius 2 is 2.06 bits per heavy atom. The van der Waals surface area contributed by atoms with Gasteiger partial charge in [0, 0.05) is 6.42 Å². The molecule has 0 bridgehead atoms. The van der Waals surface area contributed by atoms with Crippen LogP contribution in [0, 0.1) is 0 Å². The van der Waals surface area contributed by atoms with Gasteiger partial charge in [0.1, 0.15) is 6.04 Å². The highest BCUT2D eigenvalue weighted by atomic mass is 32.2. The number of aliphatic carboxylic acids is 1. The fourth-order valence-corrected chi connectivity index (χ4v) is 2.83. The number of anilines is 1. The highest BCUT2D eigenvalue weighted by molar-refractivity contribution is 7.90. The number of benzene rings is 1. The molecule has 0 unspecified atom stereocenters. The van der Waals surface area contributed by atoms with Gasteiger partial charge >= 0.3 is 5.97 Å². The fourth-order valence-electron chi connectivity index (χ4n) is 1.86. The molecule has 2 rings (SSSR count). The SMILES string of the molecule is NS(=O)(=O)N1c2ccccc2C[C@H]1C(=O)O. The van der Waals surface area contributed by atoms with E-state index >= 15 is 0 Å². The molecule has 3 N–H and O–H groups in total. The van der Waals surface area contributed by atoms with Gasteiger partial charge in [-0.2, -0.15) is 8.42 Å². The molecule has 0 spiro atoms. The van der Waals surface area contributed by atoms with E-state index in [1.54, 1.807) is 24.3 Å². The number of fused-ring (bicyclic) bond motifs is 1. The Balaban J connectivity index is 2.57. The smallest absolute Gasteiger partial charge is 0.327 e. The first-order valence-electron chi connectivity index (χ1n) is 4.54. The molecule has 0 saturated heterocycles. The maximum Gasteiger partial charge on any atom is 0.327 e. The molecule has 7 heteroatoms. The van der Waals surface area contributed by atoms with Gasteiger partial charge in [-0.3, -0.25) is 0 Å². The first kappa shape index (κ1) is 10.9. The molecule has 0 aromatic heterocycles. The second-order valence-corrected chi connectivity index (χ2v) is 4.95. The topological polar surface area (TPSA) is 101 Å². The largest absolute Gasteiger partial charge is 0.480 e. The minimum atomic E-state index is -4.06. The predicted octanol–water partition coefficient (Wildman–Crippen LogP) is -0.294. The van der Waals surface area contributed by atoms with Gasteiger partial charge in [0.2, 0.25) is 0 Å². The first-order valence-corrected chi connectivity index (χ1v) is 6.04. The van der Waals surface area contributed by atoms with Gasteiger partial charge < -0.3 is 5.11 Å². The molecular weight excluding hydrogens is 232 g/mol. The van der Waals surface area contributed by atoms with Crippen molar-refractivity contribution in [2.24, 2.45) is 5.14 Å². The third kappa shape index (κ3) is 1.63. The maximum atomic E-state index is 11.4. The molecule has 1 aromatic carbocycles. The van der Waals surface area contributed by atoms with Crippen molar-refractivity contribution in [3.63, 3.8) is 0 Å². The van der Waals surface area contributed by atoms with Crippen LogP contribution in [0.2, 0.25) is 0 Å². The van der Waals surface area contributed by atoms with E-state index in [4.69, 9.17) is 10.2 Å². The van der Waals surface area contributed by atoms with Crippen molar-refractivity contribution < 1.29 is 18.3 Å². The van der Waals surface area contributed by atoms with Gasteiger partial charge in [-0.25, -0.2) is 14.2 Å². The Bertz CT molecular complexity index is 540. The van der Waals surface area contributed by atoms with E-state index in [1.165, 1.54) is 0 Å². The van der Waals surface area contributed by atoms with Gasteiger partial charge in [-0.15, -0.1) is 0 Å². The molecule has 0 saturated carbocycles. The van der Waals surface area contributed by atoms with Gasteiger partial charge in [0.15, 0.2) is 0 Å². The maximum absolute atomic E-state index is 11.4. The lowest BCUT2D eigenvalue weighted by atomic mass is 10.1. The monoisotopic (exact) mass is 242 g/mol. The Morgan fingerprint density at radius 1 is 1.44 bits per heavy atom. The summed E-state index contributed by atoms with van der Waals surface area (Å²) in [6.07, 6.45) is 0.141. The van der Waals surface area contributed by atoms with Crippen LogP contribution in [-0.2, 0) is 21.4 Å². The van der Waals surface area contributed by atoms with E-state index in [0.717, 1.165) is 4.31 Å². The van der Waals surface area contributed by atoms with Crippen LogP contribution in [0.4, 0.5) is 5.69 Å². The van der Waals surface area contributed by atoms with E-state index < -0.39 is 22.2 Å². The quantitative estimate of drug-likeness (QED) is 0.743. The van der Waals surface area contributed by atoms with Crippen LogP contribution >= 0.6 is 0 Å². The molecule has 0 amide bonds. The number of hydrogen-bond acceptors (Lipinski definition) is 3. The second-order valence-electron chi connectivity index (χ2n) is 3.53. The van der Waals surface area contributed by atoms with Crippen LogP contribution in [0.5, 0.6) is 0 Å². The summed E-state index contributed by atoms with van der Waals surface area (Å²) in [7, 11) is -4.06. The fraction of sp³-hybridized carbons (Fsp3) is 0.222. The van der Waals surface area contributed by atoms with E-state index in [1.807, 2.05) is 0 Å². The number of nitrogens with two attached hydrogens (primary N) is 1. The molecule has 86 valence electrons. The summed E-state index contributed by atoms with van der Waals surface area (Å²) in [6.45, 7) is 0. The molecule has 6 nitrogen and oxygen atoms in total. The van der Waals surface area contributed by atoms with Crippen LogP contribution in [-0.4, -0.2) is 25.5 Å². The van der Waals surface area contributed by atoms with Crippen molar-refractivity contribution in [2.45, 2.75) is 12.5 Å². The van der Waals surface area contributed by atoms with Crippen molar-refractivity contribution in [3.8, 4) is 0 Å². The van der Waals surface area contributed by atoms with Crippen molar-refractivity contribution >= 4 is 21.9 Å². The average molecular weight is 242 g/mol. The summed E-state index contributed by atoms with van der Waals surface area (Å²) in [5.74, 6) is -1.20. The Morgan fingerprint density at radius 3 is 2.62 bits per heavy atom. The molecule has 0 radical (unpaired) electrons. The van der Waals surface area contributed by atoms with E-state index in [9.17, 15) is 13.2 Å². The summed E-state index contributed by atoms with van der Waals surface area (Å²) in [5.41, 5.74) is 1.02. The highest BCUT2D eigenvalue weighted by Crippen LogP contribution is 2.33. The first-order chi connectivity index (χ1) is 7.41. The van der Waals surface area contributed by atoms with Crippen LogP contribution < -0.4 is 9.44 Å². The molecule has 1 heterocycles. The van der Waals surface area contributed by atoms with Crippen LogP contribution in [0.3, 0.4) is 0 Å². The van der Waals surface area contributed by atoms with E-state index in [0.29, 0.717) is 11.3 Å². The number of rotatable bonds is 2. The molecule has 16 heavy (non-hydrogen) atoms. The molecule has 0 fully saturated rings. The Kier molecular flexibility index (Phi) is 2.36. The van der Waals surface area contributed by atoms with E-state index in [-0.39, 0.29) is 6.42 Å². The van der Waals surface area contributed by atoms with E-state index in [2.05, 4.69) is 0 Å². The van der Waals surface area contributed by atoms with Crippen molar-refractivity contribution in [1.82, 2.24) is 0 Å². The molecule has 1 aromatic rings. The number of carbonyl (C=O) groups is 1. The number of para-hydroxylation sites is 1. The van der Waals surface area contributed by atoms with Gasteiger partial charge in [-0.1, -0.05) is 18.2 Å². The van der Waals surface area contributed by atoms with Crippen LogP contribution in [0.1, 0.15) is 5.56 Å². The number of carboxylic acids is 1. The van der Waals surface area contributed by atoms with Crippen molar-refractivity contribution in [2.75, 3.05) is 4.31 Å². The predicted molar refractivity (Wildman–Crippen MR) is 57.2 cm³/mol. The van der Waals surface area contributed by atoms with Crippen LogP contribution in [0.15, 0.2) is 24.3 Å². The molecule has 1 atom stereocenters. The summed E-state index contributed by atoms with van der Waals surface area (Å²) >= 11 is 0. The second kappa shape index (κ2) is 3.46. The minimum absolute atomic E-state index is 0.141. The molecular formula is C9H10N2O4S. The summed E-state index contributed by atoms with van der Waals surface area (Å²) in [6, 6.07) is 5.46. The third-order valence-corrected chi connectivity index (χ3v) is 3.48. The van der Waals surface area contributed by atoms with Gasteiger partial charge in [-0.05, 0) is 11.6 Å². The number of hydrogen-bond donors (Lipinski definition) is 2. The normalized spacial score (nSPS) is 19.6. The lowest BCUT2D eigenvalue weighted by Gasteiger charge is -2.21. The minimum Gasteiger partial charge on any atom is -0.480 e. The Labute approximate surface area is 92.5 Å². The molecule has 0 aliphatic carbocycles.